The molecule has 1 atom stereocenters. The average molecular weight is 225 g/mol. The summed E-state index contributed by atoms with van der Waals surface area (Å²) < 4.78 is 2.01. The molecule has 92 valence electrons. The topological polar surface area (TPSA) is 50.1 Å². The number of nitrogens with one attached hydrogen (secondary N) is 1. The monoisotopic (exact) mass is 225 g/mol. The Labute approximate surface area is 97.7 Å². The lowest BCUT2D eigenvalue weighted by Crippen LogP contribution is -2.42. The Morgan fingerprint density at radius 3 is 2.75 bits per heavy atom. The molecule has 0 amide bonds. The van der Waals surface area contributed by atoms with Gasteiger partial charge in [0.1, 0.15) is 5.82 Å². The number of hydrogen-bond donors (Lipinski definition) is 2. The number of aryl methyl sites for hydroxylation is 1. The maximum Gasteiger partial charge on any atom is 0.108 e. The normalized spacial score (nSPS) is 14.1. The Morgan fingerprint density at radius 1 is 1.50 bits per heavy atom. The SMILES string of the molecule is CCc1nccn1CC(O)CNC(C)(C)C. The molecule has 1 heterocycles. The highest BCUT2D eigenvalue weighted by molar-refractivity contribution is 4.92. The van der Waals surface area contributed by atoms with Crippen LogP contribution in [0.25, 0.3) is 0 Å². The van der Waals surface area contributed by atoms with E-state index in [1.54, 1.807) is 6.20 Å². The van der Waals surface area contributed by atoms with Crippen LogP contribution in [-0.2, 0) is 13.0 Å². The molecule has 4 heteroatoms. The average Bonchev–Trinajstić information content (AvgIpc) is 2.61. The van der Waals surface area contributed by atoms with E-state index in [4.69, 9.17) is 0 Å². The van der Waals surface area contributed by atoms with E-state index in [-0.39, 0.29) is 11.6 Å². The molecular formula is C12H23N3O. The van der Waals surface area contributed by atoms with E-state index in [1.807, 2.05) is 10.8 Å². The van der Waals surface area contributed by atoms with E-state index in [0.29, 0.717) is 13.1 Å². The van der Waals surface area contributed by atoms with Gasteiger partial charge in [0, 0.05) is 30.9 Å². The standard InChI is InChI=1S/C12H23N3O/c1-5-11-13-6-7-15(11)9-10(16)8-14-12(2,3)4/h6-7,10,14,16H,5,8-9H2,1-4H3. The van der Waals surface area contributed by atoms with Gasteiger partial charge >= 0.3 is 0 Å². The second-order valence-corrected chi connectivity index (χ2v) is 5.13. The predicted molar refractivity (Wildman–Crippen MR) is 65.4 cm³/mol. The van der Waals surface area contributed by atoms with Crippen LogP contribution in [0.4, 0.5) is 0 Å². The van der Waals surface area contributed by atoms with Gasteiger partial charge in [0.2, 0.25) is 0 Å². The van der Waals surface area contributed by atoms with Gasteiger partial charge in [0.15, 0.2) is 0 Å². The van der Waals surface area contributed by atoms with Crippen molar-refractivity contribution in [1.82, 2.24) is 14.9 Å². The van der Waals surface area contributed by atoms with Gasteiger partial charge in [-0.2, -0.15) is 0 Å². The van der Waals surface area contributed by atoms with Crippen molar-refractivity contribution in [2.45, 2.75) is 52.3 Å². The fourth-order valence-corrected chi connectivity index (χ4v) is 1.54. The summed E-state index contributed by atoms with van der Waals surface area (Å²) in [5.41, 5.74) is 0.0451. The quantitative estimate of drug-likeness (QED) is 0.791. The number of nitrogens with zero attached hydrogens (tertiary/aromatic N) is 2. The van der Waals surface area contributed by atoms with Crippen molar-refractivity contribution in [3.05, 3.63) is 18.2 Å². The highest BCUT2D eigenvalue weighted by Gasteiger charge is 2.13. The summed E-state index contributed by atoms with van der Waals surface area (Å²) in [7, 11) is 0. The lowest BCUT2D eigenvalue weighted by atomic mass is 10.1. The fraction of sp³-hybridized carbons (Fsp3) is 0.750. The first-order chi connectivity index (χ1) is 7.42. The van der Waals surface area contributed by atoms with Gasteiger partial charge in [-0.05, 0) is 20.8 Å². The van der Waals surface area contributed by atoms with Crippen molar-refractivity contribution in [2.24, 2.45) is 0 Å². The molecule has 0 spiro atoms. The Kier molecular flexibility index (Phi) is 4.50. The summed E-state index contributed by atoms with van der Waals surface area (Å²) in [5.74, 6) is 1.02. The molecule has 1 aromatic rings. The van der Waals surface area contributed by atoms with E-state index >= 15 is 0 Å². The Balaban J connectivity index is 2.42. The van der Waals surface area contributed by atoms with Crippen molar-refractivity contribution in [1.29, 1.82) is 0 Å². The van der Waals surface area contributed by atoms with Gasteiger partial charge in [-0.1, -0.05) is 6.92 Å². The van der Waals surface area contributed by atoms with E-state index < -0.39 is 0 Å². The molecule has 0 aliphatic heterocycles. The second-order valence-electron chi connectivity index (χ2n) is 5.13. The summed E-state index contributed by atoms with van der Waals surface area (Å²) in [6.07, 6.45) is 4.22. The summed E-state index contributed by atoms with van der Waals surface area (Å²) in [6, 6.07) is 0. The molecule has 0 bridgehead atoms. The predicted octanol–water partition coefficient (Wildman–Crippen LogP) is 1.19. The minimum Gasteiger partial charge on any atom is -0.390 e. The molecule has 1 unspecified atom stereocenters. The van der Waals surface area contributed by atoms with Crippen LogP contribution in [0.3, 0.4) is 0 Å². The molecule has 0 saturated carbocycles. The Bertz CT molecular complexity index is 314. The smallest absolute Gasteiger partial charge is 0.108 e. The fourth-order valence-electron chi connectivity index (χ4n) is 1.54. The molecule has 4 nitrogen and oxygen atoms in total. The van der Waals surface area contributed by atoms with Gasteiger partial charge in [-0.3, -0.25) is 0 Å². The zero-order valence-corrected chi connectivity index (χ0v) is 10.7. The molecule has 1 rings (SSSR count). The van der Waals surface area contributed by atoms with Crippen LogP contribution in [0.1, 0.15) is 33.5 Å². The third-order valence-electron chi connectivity index (χ3n) is 2.39. The molecular weight excluding hydrogens is 202 g/mol. The van der Waals surface area contributed by atoms with Gasteiger partial charge in [0.05, 0.1) is 12.6 Å². The molecule has 0 aromatic carbocycles. The number of β-amino-alcohol motifs (C(OH)–C–C–N with tert-alkyl or cyclic N) is 1. The molecule has 0 aliphatic rings. The van der Waals surface area contributed by atoms with Crippen LogP contribution in [0, 0.1) is 0 Å². The van der Waals surface area contributed by atoms with Gasteiger partial charge in [0.25, 0.3) is 0 Å². The van der Waals surface area contributed by atoms with E-state index in [2.05, 4.69) is 38.0 Å². The van der Waals surface area contributed by atoms with Crippen molar-refractivity contribution >= 4 is 0 Å². The number of rotatable bonds is 5. The maximum absolute atomic E-state index is 9.89. The molecule has 2 N–H and O–H groups in total. The van der Waals surface area contributed by atoms with Crippen LogP contribution >= 0.6 is 0 Å². The maximum atomic E-state index is 9.89. The van der Waals surface area contributed by atoms with Crippen molar-refractivity contribution in [3.8, 4) is 0 Å². The highest BCUT2D eigenvalue weighted by atomic mass is 16.3. The minimum atomic E-state index is -0.376. The Hall–Kier alpha value is -0.870. The number of hydrogen-bond acceptors (Lipinski definition) is 3. The molecule has 0 saturated heterocycles. The van der Waals surface area contributed by atoms with Gasteiger partial charge in [-0.25, -0.2) is 4.98 Å². The zero-order chi connectivity index (χ0) is 12.2. The third-order valence-corrected chi connectivity index (χ3v) is 2.39. The first-order valence-corrected chi connectivity index (χ1v) is 5.85. The number of imidazole rings is 1. The number of aliphatic hydroxyl groups is 1. The van der Waals surface area contributed by atoms with Crippen molar-refractivity contribution < 1.29 is 5.11 Å². The van der Waals surface area contributed by atoms with Crippen molar-refractivity contribution in [2.75, 3.05) is 6.54 Å². The minimum absolute atomic E-state index is 0.0451. The Morgan fingerprint density at radius 2 is 2.19 bits per heavy atom. The molecule has 0 aliphatic carbocycles. The second kappa shape index (κ2) is 5.46. The van der Waals surface area contributed by atoms with Gasteiger partial charge < -0.3 is 15.0 Å². The van der Waals surface area contributed by atoms with Crippen LogP contribution in [0.5, 0.6) is 0 Å². The highest BCUT2D eigenvalue weighted by Crippen LogP contribution is 2.02. The van der Waals surface area contributed by atoms with E-state index in [0.717, 1.165) is 12.2 Å². The lowest BCUT2D eigenvalue weighted by Gasteiger charge is -2.23. The number of aromatic nitrogens is 2. The first-order valence-electron chi connectivity index (χ1n) is 5.85. The van der Waals surface area contributed by atoms with E-state index in [9.17, 15) is 5.11 Å². The van der Waals surface area contributed by atoms with Gasteiger partial charge in [-0.15, -0.1) is 0 Å². The van der Waals surface area contributed by atoms with Crippen LogP contribution < -0.4 is 5.32 Å². The first kappa shape index (κ1) is 13.2. The molecule has 1 aromatic heterocycles. The summed E-state index contributed by atoms with van der Waals surface area (Å²) in [6.45, 7) is 9.55. The summed E-state index contributed by atoms with van der Waals surface area (Å²) >= 11 is 0. The zero-order valence-electron chi connectivity index (χ0n) is 10.7. The largest absolute Gasteiger partial charge is 0.390 e. The lowest BCUT2D eigenvalue weighted by molar-refractivity contribution is 0.141. The molecule has 16 heavy (non-hydrogen) atoms. The van der Waals surface area contributed by atoms with E-state index in [1.165, 1.54) is 0 Å². The van der Waals surface area contributed by atoms with Crippen LogP contribution in [0.15, 0.2) is 12.4 Å². The van der Waals surface area contributed by atoms with Crippen molar-refractivity contribution in [3.63, 3.8) is 0 Å². The summed E-state index contributed by atoms with van der Waals surface area (Å²) in [5, 5.41) is 13.2. The molecule has 0 radical (unpaired) electrons. The summed E-state index contributed by atoms with van der Waals surface area (Å²) in [4.78, 5) is 4.23. The molecule has 0 fully saturated rings. The van der Waals surface area contributed by atoms with Crippen LogP contribution in [0.2, 0.25) is 0 Å². The van der Waals surface area contributed by atoms with Crippen LogP contribution in [-0.4, -0.2) is 32.8 Å². The number of aliphatic hydroxyl groups excluding tert-OH is 1. The third kappa shape index (κ3) is 4.33.